The second-order valence-electron chi connectivity index (χ2n) is 7.16. The molecule has 1 unspecified atom stereocenters. The van der Waals surface area contributed by atoms with Crippen LogP contribution >= 0.6 is 12.4 Å². The number of carbonyl (C=O) groups is 2. The molecule has 0 saturated carbocycles. The molecule has 0 aromatic rings. The van der Waals surface area contributed by atoms with E-state index in [1.165, 1.54) is 12.8 Å². The largest absolute Gasteiger partial charge is 0.356 e. The van der Waals surface area contributed by atoms with Crippen LogP contribution in [-0.2, 0) is 9.59 Å². The lowest BCUT2D eigenvalue weighted by atomic mass is 9.84. The van der Waals surface area contributed by atoms with Crippen molar-refractivity contribution in [2.45, 2.75) is 58.3 Å². The van der Waals surface area contributed by atoms with E-state index < -0.39 is 0 Å². The summed E-state index contributed by atoms with van der Waals surface area (Å²) in [5, 5.41) is 6.40. The molecule has 2 heterocycles. The van der Waals surface area contributed by atoms with E-state index >= 15 is 0 Å². The predicted molar refractivity (Wildman–Crippen MR) is 99.3 cm³/mol. The van der Waals surface area contributed by atoms with Crippen molar-refractivity contribution in [2.75, 3.05) is 32.7 Å². The van der Waals surface area contributed by atoms with Crippen LogP contribution in [0.4, 0.5) is 0 Å². The quantitative estimate of drug-likeness (QED) is 0.686. The summed E-state index contributed by atoms with van der Waals surface area (Å²) in [6, 6.07) is 0. The fourth-order valence-corrected chi connectivity index (χ4v) is 3.72. The van der Waals surface area contributed by atoms with Gasteiger partial charge in [-0.05, 0) is 57.0 Å². The fraction of sp³-hybridized carbons (Fsp3) is 0.889. The number of hydrogen-bond acceptors (Lipinski definition) is 3. The van der Waals surface area contributed by atoms with Crippen LogP contribution in [-0.4, -0.2) is 49.4 Å². The van der Waals surface area contributed by atoms with Crippen LogP contribution in [0.5, 0.6) is 0 Å². The summed E-state index contributed by atoms with van der Waals surface area (Å²) in [6.45, 7) is 6.72. The van der Waals surface area contributed by atoms with E-state index in [-0.39, 0.29) is 24.2 Å². The number of likely N-dealkylation sites (tertiary alicyclic amines) is 1. The van der Waals surface area contributed by atoms with Crippen LogP contribution < -0.4 is 10.6 Å². The van der Waals surface area contributed by atoms with Crippen molar-refractivity contribution in [3.63, 3.8) is 0 Å². The van der Waals surface area contributed by atoms with Crippen LogP contribution in [0.15, 0.2) is 0 Å². The first-order chi connectivity index (χ1) is 11.2. The summed E-state index contributed by atoms with van der Waals surface area (Å²) < 4.78 is 0. The molecular weight excluding hydrogens is 326 g/mol. The molecule has 2 aliphatic heterocycles. The second kappa shape index (κ2) is 11.7. The summed E-state index contributed by atoms with van der Waals surface area (Å²) in [6.07, 6.45) is 7.86. The van der Waals surface area contributed by atoms with E-state index in [1.54, 1.807) is 0 Å². The summed E-state index contributed by atoms with van der Waals surface area (Å²) in [5.41, 5.74) is 0. The maximum atomic E-state index is 12.1. The van der Waals surface area contributed by atoms with E-state index in [0.717, 1.165) is 51.9 Å². The highest BCUT2D eigenvalue weighted by Crippen LogP contribution is 2.24. The Hall–Kier alpha value is -0.810. The highest BCUT2D eigenvalue weighted by atomic mass is 35.5. The summed E-state index contributed by atoms with van der Waals surface area (Å²) in [5.74, 6) is 1.59. The molecule has 5 nitrogen and oxygen atoms in total. The number of piperidine rings is 1. The number of amides is 2. The van der Waals surface area contributed by atoms with E-state index in [4.69, 9.17) is 0 Å². The average Bonchev–Trinajstić information content (AvgIpc) is 2.77. The van der Waals surface area contributed by atoms with Gasteiger partial charge in [0.2, 0.25) is 11.8 Å². The van der Waals surface area contributed by atoms with Crippen molar-refractivity contribution < 1.29 is 9.59 Å². The Morgan fingerprint density at radius 3 is 2.79 bits per heavy atom. The van der Waals surface area contributed by atoms with Gasteiger partial charge < -0.3 is 15.5 Å². The summed E-state index contributed by atoms with van der Waals surface area (Å²) in [7, 11) is 0. The van der Waals surface area contributed by atoms with Crippen molar-refractivity contribution in [3.05, 3.63) is 0 Å². The zero-order valence-corrected chi connectivity index (χ0v) is 15.8. The molecule has 0 aliphatic carbocycles. The first-order valence-electron chi connectivity index (χ1n) is 9.42. The zero-order chi connectivity index (χ0) is 16.5. The van der Waals surface area contributed by atoms with Gasteiger partial charge in [0.05, 0.1) is 0 Å². The Morgan fingerprint density at radius 1 is 1.29 bits per heavy atom. The van der Waals surface area contributed by atoms with Crippen molar-refractivity contribution in [1.82, 2.24) is 15.5 Å². The molecule has 0 bridgehead atoms. The molecule has 1 atom stereocenters. The van der Waals surface area contributed by atoms with Crippen molar-refractivity contribution >= 4 is 24.2 Å². The minimum Gasteiger partial charge on any atom is -0.356 e. The third kappa shape index (κ3) is 7.39. The standard InChI is InChI=1S/C18H33N3O2.ClH/c1-15(16-7-10-19-11-8-16)14-17(22)20-9-5-13-21-12-4-2-3-6-18(21)23;/h15-16,19H,2-14H2,1H3,(H,20,22);1H. The highest BCUT2D eigenvalue weighted by molar-refractivity contribution is 5.85. The van der Waals surface area contributed by atoms with E-state index in [1.807, 2.05) is 4.90 Å². The molecule has 2 fully saturated rings. The molecule has 0 aromatic heterocycles. The Balaban J connectivity index is 0.00000288. The van der Waals surface area contributed by atoms with Gasteiger partial charge in [0.15, 0.2) is 0 Å². The first-order valence-corrected chi connectivity index (χ1v) is 9.42. The Kier molecular flexibility index (Phi) is 10.3. The molecule has 24 heavy (non-hydrogen) atoms. The molecule has 2 N–H and O–H groups in total. The lowest BCUT2D eigenvalue weighted by molar-refractivity contribution is -0.130. The lowest BCUT2D eigenvalue weighted by Crippen LogP contribution is -2.35. The Bertz CT molecular complexity index is 386. The average molecular weight is 360 g/mol. The van der Waals surface area contributed by atoms with E-state index in [9.17, 15) is 9.59 Å². The van der Waals surface area contributed by atoms with Crippen LogP contribution in [0.3, 0.4) is 0 Å². The number of halogens is 1. The summed E-state index contributed by atoms with van der Waals surface area (Å²) in [4.78, 5) is 25.9. The lowest BCUT2D eigenvalue weighted by Gasteiger charge is -2.28. The number of carbonyl (C=O) groups excluding carboxylic acids is 2. The van der Waals surface area contributed by atoms with E-state index in [2.05, 4.69) is 17.6 Å². The van der Waals surface area contributed by atoms with Gasteiger partial charge in [0, 0.05) is 32.5 Å². The van der Waals surface area contributed by atoms with Gasteiger partial charge >= 0.3 is 0 Å². The second-order valence-corrected chi connectivity index (χ2v) is 7.16. The first kappa shape index (κ1) is 21.2. The minimum atomic E-state index is 0. The predicted octanol–water partition coefficient (Wildman–Crippen LogP) is 2.34. The van der Waals surface area contributed by atoms with Crippen LogP contribution in [0.25, 0.3) is 0 Å². The molecule has 2 aliphatic rings. The molecule has 0 radical (unpaired) electrons. The van der Waals surface area contributed by atoms with Crippen molar-refractivity contribution in [2.24, 2.45) is 11.8 Å². The maximum Gasteiger partial charge on any atom is 0.222 e. The Labute approximate surface area is 152 Å². The molecular formula is C18H34ClN3O2. The number of nitrogens with zero attached hydrogens (tertiary/aromatic N) is 1. The van der Waals surface area contributed by atoms with Crippen LogP contribution in [0, 0.1) is 11.8 Å². The molecule has 2 amide bonds. The third-order valence-corrected chi connectivity index (χ3v) is 5.29. The summed E-state index contributed by atoms with van der Waals surface area (Å²) >= 11 is 0. The number of rotatable bonds is 7. The van der Waals surface area contributed by atoms with Crippen molar-refractivity contribution in [1.29, 1.82) is 0 Å². The molecule has 6 heteroatoms. The van der Waals surface area contributed by atoms with Gasteiger partial charge in [-0.15, -0.1) is 12.4 Å². The molecule has 0 spiro atoms. The molecule has 0 aromatic carbocycles. The normalized spacial score (nSPS) is 20.9. The van der Waals surface area contributed by atoms with Crippen LogP contribution in [0.1, 0.15) is 58.3 Å². The minimum absolute atomic E-state index is 0. The van der Waals surface area contributed by atoms with Gasteiger partial charge in [-0.3, -0.25) is 9.59 Å². The number of hydrogen-bond donors (Lipinski definition) is 2. The maximum absolute atomic E-state index is 12.1. The van der Waals surface area contributed by atoms with Gasteiger partial charge in [-0.1, -0.05) is 13.3 Å². The molecule has 2 saturated heterocycles. The smallest absolute Gasteiger partial charge is 0.222 e. The van der Waals surface area contributed by atoms with Crippen LogP contribution in [0.2, 0.25) is 0 Å². The van der Waals surface area contributed by atoms with Gasteiger partial charge in [-0.2, -0.15) is 0 Å². The Morgan fingerprint density at radius 2 is 2.04 bits per heavy atom. The molecule has 140 valence electrons. The van der Waals surface area contributed by atoms with E-state index in [0.29, 0.717) is 31.2 Å². The van der Waals surface area contributed by atoms with Gasteiger partial charge in [0.1, 0.15) is 0 Å². The van der Waals surface area contributed by atoms with Crippen molar-refractivity contribution in [3.8, 4) is 0 Å². The van der Waals surface area contributed by atoms with Gasteiger partial charge in [0.25, 0.3) is 0 Å². The highest BCUT2D eigenvalue weighted by Gasteiger charge is 2.22. The third-order valence-electron chi connectivity index (χ3n) is 5.29. The molecule has 2 rings (SSSR count). The topological polar surface area (TPSA) is 61.4 Å². The van der Waals surface area contributed by atoms with Gasteiger partial charge in [-0.25, -0.2) is 0 Å². The number of nitrogens with one attached hydrogen (secondary N) is 2. The SMILES string of the molecule is CC(CC(=O)NCCCN1CCCCCC1=O)C1CCNCC1.Cl. The monoisotopic (exact) mass is 359 g/mol. The fourth-order valence-electron chi connectivity index (χ4n) is 3.72. The zero-order valence-electron chi connectivity index (χ0n) is 15.0.